The van der Waals surface area contributed by atoms with Crippen LogP contribution in [0.15, 0.2) is 0 Å². The zero-order valence-electron chi connectivity index (χ0n) is 8.25. The van der Waals surface area contributed by atoms with E-state index in [9.17, 15) is 0 Å². The average molecular weight is 168 g/mol. The standard InChI is InChI=1S/C11H20O/c1-8(2)9-3-5-10(6-4-9)11-7-12-11/h8-11H,3-7H2,1-2H3. The summed E-state index contributed by atoms with van der Waals surface area (Å²) in [6.07, 6.45) is 6.41. The van der Waals surface area contributed by atoms with Crippen molar-refractivity contribution in [3.8, 4) is 0 Å². The van der Waals surface area contributed by atoms with Crippen LogP contribution in [-0.4, -0.2) is 12.7 Å². The van der Waals surface area contributed by atoms with Crippen LogP contribution in [0.1, 0.15) is 39.5 Å². The molecule has 0 aromatic carbocycles. The summed E-state index contributed by atoms with van der Waals surface area (Å²) in [6.45, 7) is 5.77. The van der Waals surface area contributed by atoms with Crippen molar-refractivity contribution in [2.75, 3.05) is 6.61 Å². The maximum atomic E-state index is 5.34. The molecule has 1 saturated heterocycles. The normalized spacial score (nSPS) is 41.8. The number of rotatable bonds is 2. The zero-order chi connectivity index (χ0) is 8.55. The summed E-state index contributed by atoms with van der Waals surface area (Å²) >= 11 is 0. The monoisotopic (exact) mass is 168 g/mol. The second-order valence-corrected chi connectivity index (χ2v) is 4.79. The minimum atomic E-state index is 0.665. The number of ether oxygens (including phenoxy) is 1. The molecule has 1 saturated carbocycles. The summed E-state index contributed by atoms with van der Waals surface area (Å²) in [6, 6.07) is 0. The van der Waals surface area contributed by atoms with Gasteiger partial charge in [-0.2, -0.15) is 0 Å². The fourth-order valence-electron chi connectivity index (χ4n) is 2.51. The van der Waals surface area contributed by atoms with Gasteiger partial charge in [-0.15, -0.1) is 0 Å². The highest BCUT2D eigenvalue weighted by molar-refractivity contribution is 4.84. The van der Waals surface area contributed by atoms with Gasteiger partial charge in [-0.25, -0.2) is 0 Å². The first-order chi connectivity index (χ1) is 5.77. The Morgan fingerprint density at radius 1 is 1.08 bits per heavy atom. The number of hydrogen-bond acceptors (Lipinski definition) is 1. The van der Waals surface area contributed by atoms with Crippen molar-refractivity contribution < 1.29 is 4.74 Å². The molecule has 2 rings (SSSR count). The van der Waals surface area contributed by atoms with E-state index in [1.165, 1.54) is 25.7 Å². The Morgan fingerprint density at radius 3 is 2.08 bits per heavy atom. The van der Waals surface area contributed by atoms with E-state index in [4.69, 9.17) is 4.74 Å². The molecule has 1 aliphatic heterocycles. The minimum Gasteiger partial charge on any atom is -0.373 e. The van der Waals surface area contributed by atoms with Crippen molar-refractivity contribution in [3.63, 3.8) is 0 Å². The lowest BCUT2D eigenvalue weighted by molar-refractivity contribution is 0.192. The van der Waals surface area contributed by atoms with Gasteiger partial charge in [0.05, 0.1) is 12.7 Å². The molecule has 0 spiro atoms. The lowest BCUT2D eigenvalue weighted by atomic mass is 9.76. The SMILES string of the molecule is CC(C)C1CCC(C2CO2)CC1. The molecule has 0 aromatic rings. The van der Waals surface area contributed by atoms with E-state index < -0.39 is 0 Å². The molecule has 2 aliphatic rings. The molecule has 1 aliphatic carbocycles. The Balaban J connectivity index is 1.76. The Morgan fingerprint density at radius 2 is 1.67 bits per heavy atom. The predicted octanol–water partition coefficient (Wildman–Crippen LogP) is 2.85. The van der Waals surface area contributed by atoms with E-state index >= 15 is 0 Å². The smallest absolute Gasteiger partial charge is 0.0838 e. The third-order valence-corrected chi connectivity index (χ3v) is 3.64. The predicted molar refractivity (Wildman–Crippen MR) is 50.0 cm³/mol. The Hall–Kier alpha value is -0.0400. The Bertz CT molecular complexity index is 131. The van der Waals surface area contributed by atoms with Gasteiger partial charge in [0, 0.05) is 0 Å². The van der Waals surface area contributed by atoms with E-state index in [1.54, 1.807) is 0 Å². The van der Waals surface area contributed by atoms with Gasteiger partial charge < -0.3 is 4.74 Å². The van der Waals surface area contributed by atoms with Crippen LogP contribution in [0.4, 0.5) is 0 Å². The van der Waals surface area contributed by atoms with E-state index in [1.807, 2.05) is 0 Å². The third-order valence-electron chi connectivity index (χ3n) is 3.64. The van der Waals surface area contributed by atoms with Gasteiger partial charge >= 0.3 is 0 Å². The summed E-state index contributed by atoms with van der Waals surface area (Å²) in [7, 11) is 0. The summed E-state index contributed by atoms with van der Waals surface area (Å²) in [5.41, 5.74) is 0. The van der Waals surface area contributed by atoms with Crippen LogP contribution in [0.5, 0.6) is 0 Å². The highest BCUT2D eigenvalue weighted by atomic mass is 16.6. The number of epoxide rings is 1. The molecule has 1 atom stereocenters. The van der Waals surface area contributed by atoms with Gasteiger partial charge in [0.15, 0.2) is 0 Å². The fourth-order valence-corrected chi connectivity index (χ4v) is 2.51. The lowest BCUT2D eigenvalue weighted by Crippen LogP contribution is -2.21. The molecular weight excluding hydrogens is 148 g/mol. The Labute approximate surface area is 75.5 Å². The minimum absolute atomic E-state index is 0.665. The molecule has 1 unspecified atom stereocenters. The van der Waals surface area contributed by atoms with Crippen LogP contribution in [0.3, 0.4) is 0 Å². The third kappa shape index (κ3) is 1.82. The van der Waals surface area contributed by atoms with Crippen molar-refractivity contribution in [3.05, 3.63) is 0 Å². The largest absolute Gasteiger partial charge is 0.373 e. The molecule has 70 valence electrons. The first kappa shape index (κ1) is 8.55. The summed E-state index contributed by atoms with van der Waals surface area (Å²) in [5.74, 6) is 2.81. The topological polar surface area (TPSA) is 12.5 Å². The van der Waals surface area contributed by atoms with Crippen LogP contribution < -0.4 is 0 Å². The van der Waals surface area contributed by atoms with Gasteiger partial charge in [0.2, 0.25) is 0 Å². The molecule has 1 nitrogen and oxygen atoms in total. The van der Waals surface area contributed by atoms with Crippen LogP contribution in [0.25, 0.3) is 0 Å². The summed E-state index contributed by atoms with van der Waals surface area (Å²) in [5, 5.41) is 0. The van der Waals surface area contributed by atoms with Crippen LogP contribution in [0.2, 0.25) is 0 Å². The molecule has 2 fully saturated rings. The first-order valence-corrected chi connectivity index (χ1v) is 5.39. The van der Waals surface area contributed by atoms with E-state index in [0.717, 1.165) is 24.4 Å². The average Bonchev–Trinajstić information content (AvgIpc) is 2.87. The van der Waals surface area contributed by atoms with E-state index in [0.29, 0.717) is 6.10 Å². The van der Waals surface area contributed by atoms with Crippen LogP contribution in [-0.2, 0) is 4.74 Å². The van der Waals surface area contributed by atoms with Crippen molar-refractivity contribution in [1.29, 1.82) is 0 Å². The van der Waals surface area contributed by atoms with E-state index in [2.05, 4.69) is 13.8 Å². The molecule has 1 heteroatoms. The van der Waals surface area contributed by atoms with Gasteiger partial charge in [-0.05, 0) is 43.4 Å². The molecular formula is C11H20O. The molecule has 12 heavy (non-hydrogen) atoms. The summed E-state index contributed by atoms with van der Waals surface area (Å²) < 4.78 is 5.34. The van der Waals surface area contributed by atoms with Gasteiger partial charge in [-0.1, -0.05) is 13.8 Å². The number of hydrogen-bond donors (Lipinski definition) is 0. The van der Waals surface area contributed by atoms with Crippen molar-refractivity contribution in [2.45, 2.75) is 45.6 Å². The quantitative estimate of drug-likeness (QED) is 0.578. The fraction of sp³-hybridized carbons (Fsp3) is 1.00. The lowest BCUT2D eigenvalue weighted by Gasteiger charge is -2.29. The first-order valence-electron chi connectivity index (χ1n) is 5.39. The van der Waals surface area contributed by atoms with Crippen LogP contribution in [0, 0.1) is 17.8 Å². The molecule has 0 radical (unpaired) electrons. The molecule has 1 heterocycles. The molecule has 0 aromatic heterocycles. The highest BCUT2D eigenvalue weighted by Crippen LogP contribution is 2.38. The van der Waals surface area contributed by atoms with Gasteiger partial charge in [0.1, 0.15) is 0 Å². The Kier molecular flexibility index (Phi) is 2.40. The summed E-state index contributed by atoms with van der Waals surface area (Å²) in [4.78, 5) is 0. The van der Waals surface area contributed by atoms with Crippen molar-refractivity contribution >= 4 is 0 Å². The van der Waals surface area contributed by atoms with Gasteiger partial charge in [0.25, 0.3) is 0 Å². The van der Waals surface area contributed by atoms with Crippen molar-refractivity contribution in [1.82, 2.24) is 0 Å². The van der Waals surface area contributed by atoms with E-state index in [-0.39, 0.29) is 0 Å². The van der Waals surface area contributed by atoms with Crippen LogP contribution >= 0.6 is 0 Å². The second kappa shape index (κ2) is 3.37. The maximum Gasteiger partial charge on any atom is 0.0838 e. The second-order valence-electron chi connectivity index (χ2n) is 4.79. The van der Waals surface area contributed by atoms with Crippen molar-refractivity contribution in [2.24, 2.45) is 17.8 Å². The zero-order valence-corrected chi connectivity index (χ0v) is 8.25. The highest BCUT2D eigenvalue weighted by Gasteiger charge is 2.35. The maximum absolute atomic E-state index is 5.34. The van der Waals surface area contributed by atoms with Gasteiger partial charge in [-0.3, -0.25) is 0 Å². The molecule has 0 bridgehead atoms. The molecule has 0 amide bonds. The molecule has 0 N–H and O–H groups in total.